The van der Waals surface area contributed by atoms with Gasteiger partial charge in [0.1, 0.15) is 16.4 Å². The summed E-state index contributed by atoms with van der Waals surface area (Å²) in [5.74, 6) is 2.92. The first-order chi connectivity index (χ1) is 15.6. The molecule has 0 aliphatic heterocycles. The molecule has 9 heteroatoms. The standard InChI is InChI=1S/C23H20N4O3S2/c1-3-14-6-8-15(9-7-14)21-24-18(30-27-21)12-31-13(2)20-25-22(28)19-16(11-32-23(19)26-20)17-5-4-10-29-17/h4-11,13H,3,12H2,1-2H3,(H,25,26,28). The zero-order valence-corrected chi connectivity index (χ0v) is 19.1. The van der Waals surface area contributed by atoms with Crippen molar-refractivity contribution in [1.82, 2.24) is 20.1 Å². The predicted molar refractivity (Wildman–Crippen MR) is 127 cm³/mol. The van der Waals surface area contributed by atoms with Crippen LogP contribution in [0.3, 0.4) is 0 Å². The van der Waals surface area contributed by atoms with Gasteiger partial charge in [0, 0.05) is 16.5 Å². The van der Waals surface area contributed by atoms with Crippen molar-refractivity contribution in [3.63, 3.8) is 0 Å². The molecule has 32 heavy (non-hydrogen) atoms. The average Bonchev–Trinajstić information content (AvgIpc) is 3.58. The van der Waals surface area contributed by atoms with Crippen molar-refractivity contribution in [3.8, 4) is 22.7 Å². The van der Waals surface area contributed by atoms with Crippen LogP contribution in [0.15, 0.2) is 61.8 Å². The third-order valence-corrected chi connectivity index (χ3v) is 7.19. The monoisotopic (exact) mass is 464 g/mol. The van der Waals surface area contributed by atoms with Crippen molar-refractivity contribution in [2.24, 2.45) is 0 Å². The van der Waals surface area contributed by atoms with Crippen molar-refractivity contribution < 1.29 is 8.94 Å². The van der Waals surface area contributed by atoms with Crippen molar-refractivity contribution in [2.75, 3.05) is 0 Å². The van der Waals surface area contributed by atoms with Gasteiger partial charge < -0.3 is 13.9 Å². The summed E-state index contributed by atoms with van der Waals surface area (Å²) < 4.78 is 10.9. The van der Waals surface area contributed by atoms with Crippen molar-refractivity contribution in [2.45, 2.75) is 31.3 Å². The minimum Gasteiger partial charge on any atom is -0.464 e. The zero-order chi connectivity index (χ0) is 22.1. The number of nitrogens with zero attached hydrogens (tertiary/aromatic N) is 3. The Bertz CT molecular complexity index is 1400. The van der Waals surface area contributed by atoms with E-state index < -0.39 is 0 Å². The molecule has 0 spiro atoms. The maximum Gasteiger partial charge on any atom is 0.260 e. The molecule has 0 amide bonds. The van der Waals surface area contributed by atoms with E-state index in [1.54, 1.807) is 24.1 Å². The first-order valence-corrected chi connectivity index (χ1v) is 12.1. The summed E-state index contributed by atoms with van der Waals surface area (Å²) >= 11 is 3.01. The van der Waals surface area contributed by atoms with E-state index >= 15 is 0 Å². The van der Waals surface area contributed by atoms with Gasteiger partial charge in [-0.3, -0.25) is 4.79 Å². The first-order valence-electron chi connectivity index (χ1n) is 10.2. The summed E-state index contributed by atoms with van der Waals surface area (Å²) in [6, 6.07) is 11.8. The molecule has 1 atom stereocenters. The second-order valence-corrected chi connectivity index (χ2v) is 9.46. The number of H-pyrrole nitrogens is 1. The Kier molecular flexibility index (Phi) is 5.67. The van der Waals surface area contributed by atoms with Crippen molar-refractivity contribution in [1.29, 1.82) is 0 Å². The summed E-state index contributed by atoms with van der Waals surface area (Å²) in [6.45, 7) is 4.12. The number of benzene rings is 1. The molecule has 4 heterocycles. The molecule has 0 aliphatic rings. The van der Waals surface area contributed by atoms with Gasteiger partial charge >= 0.3 is 0 Å². The lowest BCUT2D eigenvalue weighted by molar-refractivity contribution is 0.391. The van der Waals surface area contributed by atoms with E-state index in [4.69, 9.17) is 8.94 Å². The number of thiophene rings is 1. The average molecular weight is 465 g/mol. The fourth-order valence-corrected chi connectivity index (χ4v) is 5.08. The molecule has 162 valence electrons. The Morgan fingerprint density at radius 2 is 2.03 bits per heavy atom. The van der Waals surface area contributed by atoms with Crippen LogP contribution in [-0.2, 0) is 12.2 Å². The molecule has 1 unspecified atom stereocenters. The maximum absolute atomic E-state index is 12.8. The minimum atomic E-state index is -0.166. The van der Waals surface area contributed by atoms with E-state index in [9.17, 15) is 4.79 Å². The minimum absolute atomic E-state index is 0.0551. The van der Waals surface area contributed by atoms with E-state index in [0.29, 0.717) is 39.3 Å². The van der Waals surface area contributed by atoms with Gasteiger partial charge in [0.25, 0.3) is 5.56 Å². The van der Waals surface area contributed by atoms with E-state index in [0.717, 1.165) is 17.5 Å². The second kappa shape index (κ2) is 8.76. The summed E-state index contributed by atoms with van der Waals surface area (Å²) in [4.78, 5) is 25.6. The predicted octanol–water partition coefficient (Wildman–Crippen LogP) is 5.85. The largest absolute Gasteiger partial charge is 0.464 e. The topological polar surface area (TPSA) is 97.8 Å². The number of hydrogen-bond donors (Lipinski definition) is 1. The normalized spacial score (nSPS) is 12.4. The molecule has 0 radical (unpaired) electrons. The quantitative estimate of drug-likeness (QED) is 0.322. The fourth-order valence-electron chi connectivity index (χ4n) is 3.37. The highest BCUT2D eigenvalue weighted by Gasteiger charge is 2.18. The van der Waals surface area contributed by atoms with Gasteiger partial charge in [-0.25, -0.2) is 4.98 Å². The number of nitrogens with one attached hydrogen (secondary N) is 1. The van der Waals surface area contributed by atoms with Crippen molar-refractivity contribution in [3.05, 3.63) is 75.7 Å². The molecule has 1 N–H and O–H groups in total. The summed E-state index contributed by atoms with van der Waals surface area (Å²) in [5.41, 5.74) is 2.79. The maximum atomic E-state index is 12.8. The highest BCUT2D eigenvalue weighted by molar-refractivity contribution is 7.98. The van der Waals surface area contributed by atoms with Crippen LogP contribution >= 0.6 is 23.1 Å². The number of rotatable bonds is 7. The molecular weight excluding hydrogens is 444 g/mol. The molecular formula is C23H20N4O3S2. The number of aromatic nitrogens is 4. The van der Waals surface area contributed by atoms with Crippen LogP contribution in [0.2, 0.25) is 0 Å². The Balaban J connectivity index is 1.31. The van der Waals surface area contributed by atoms with Gasteiger partial charge in [-0.15, -0.1) is 23.1 Å². The van der Waals surface area contributed by atoms with Gasteiger partial charge in [-0.05, 0) is 31.0 Å². The van der Waals surface area contributed by atoms with Crippen LogP contribution in [0.1, 0.15) is 36.4 Å². The molecule has 0 aliphatic carbocycles. The Morgan fingerprint density at radius 3 is 2.78 bits per heavy atom. The van der Waals surface area contributed by atoms with Crippen LogP contribution in [-0.4, -0.2) is 20.1 Å². The molecule has 0 saturated carbocycles. The third-order valence-electron chi connectivity index (χ3n) is 5.18. The van der Waals surface area contributed by atoms with Crippen LogP contribution in [0.25, 0.3) is 32.9 Å². The Labute approximate surface area is 191 Å². The van der Waals surface area contributed by atoms with Crippen LogP contribution in [0.4, 0.5) is 0 Å². The number of thioether (sulfide) groups is 1. The first kappa shape index (κ1) is 20.7. The number of hydrogen-bond acceptors (Lipinski definition) is 8. The van der Waals surface area contributed by atoms with Crippen LogP contribution in [0.5, 0.6) is 0 Å². The molecule has 1 aromatic carbocycles. The molecule has 0 fully saturated rings. The highest BCUT2D eigenvalue weighted by Crippen LogP contribution is 2.33. The smallest absolute Gasteiger partial charge is 0.260 e. The molecule has 4 aromatic heterocycles. The lowest BCUT2D eigenvalue weighted by Crippen LogP contribution is -2.12. The number of aryl methyl sites for hydroxylation is 1. The SMILES string of the molecule is CCc1ccc(-c2noc(CSC(C)c3nc4scc(-c5ccco5)c4c(=O)[nH]3)n2)cc1. The molecule has 0 saturated heterocycles. The summed E-state index contributed by atoms with van der Waals surface area (Å²) in [7, 11) is 0. The third kappa shape index (κ3) is 4.01. The van der Waals surface area contributed by atoms with E-state index in [1.165, 1.54) is 16.9 Å². The fraction of sp³-hybridized carbons (Fsp3) is 0.217. The Hall–Kier alpha value is -3.17. The van der Waals surface area contributed by atoms with Crippen LogP contribution in [0, 0.1) is 0 Å². The second-order valence-electron chi connectivity index (χ2n) is 7.27. The van der Waals surface area contributed by atoms with E-state index in [1.807, 2.05) is 30.5 Å². The lowest BCUT2D eigenvalue weighted by Gasteiger charge is -2.09. The number of aromatic amines is 1. The van der Waals surface area contributed by atoms with Gasteiger partial charge in [0.15, 0.2) is 0 Å². The van der Waals surface area contributed by atoms with Crippen molar-refractivity contribution >= 4 is 33.3 Å². The van der Waals surface area contributed by atoms with Gasteiger partial charge in [0.2, 0.25) is 11.7 Å². The van der Waals surface area contributed by atoms with Gasteiger partial charge in [-0.1, -0.05) is 36.3 Å². The molecule has 5 aromatic rings. The Morgan fingerprint density at radius 1 is 1.19 bits per heavy atom. The van der Waals surface area contributed by atoms with E-state index in [-0.39, 0.29) is 10.8 Å². The zero-order valence-electron chi connectivity index (χ0n) is 17.5. The van der Waals surface area contributed by atoms with Crippen LogP contribution < -0.4 is 5.56 Å². The molecule has 5 rings (SSSR count). The number of fused-ring (bicyclic) bond motifs is 1. The van der Waals surface area contributed by atoms with Gasteiger partial charge in [-0.2, -0.15) is 4.98 Å². The lowest BCUT2D eigenvalue weighted by atomic mass is 10.1. The molecule has 7 nitrogen and oxygen atoms in total. The number of furan rings is 1. The summed E-state index contributed by atoms with van der Waals surface area (Å²) in [5, 5.41) is 6.50. The van der Waals surface area contributed by atoms with E-state index in [2.05, 4.69) is 39.2 Å². The molecule has 0 bridgehead atoms. The summed E-state index contributed by atoms with van der Waals surface area (Å²) in [6.07, 6.45) is 2.58. The van der Waals surface area contributed by atoms with Gasteiger partial charge in [0.05, 0.1) is 22.7 Å². The highest BCUT2D eigenvalue weighted by atomic mass is 32.2.